The van der Waals surface area contributed by atoms with Crippen LogP contribution in [0.15, 0.2) is 29.2 Å². The molecule has 1 aromatic rings. The topological polar surface area (TPSA) is 69.6 Å². The molecule has 0 amide bonds. The molecule has 0 bridgehead atoms. The van der Waals surface area contributed by atoms with Crippen LogP contribution in [0.5, 0.6) is 0 Å². The molecule has 0 saturated carbocycles. The van der Waals surface area contributed by atoms with Gasteiger partial charge in [-0.1, -0.05) is 6.92 Å². The molecule has 0 aliphatic heterocycles. The number of rotatable bonds is 8. The van der Waals surface area contributed by atoms with Crippen LogP contribution in [-0.4, -0.2) is 39.3 Å². The second-order valence-electron chi connectivity index (χ2n) is 4.98. The molecule has 2 N–H and O–H groups in total. The van der Waals surface area contributed by atoms with Crippen molar-refractivity contribution >= 4 is 15.7 Å². The minimum Gasteiger partial charge on any atom is -0.395 e. The third-order valence-electron chi connectivity index (χ3n) is 2.77. The summed E-state index contributed by atoms with van der Waals surface area (Å²) in [6.07, 6.45) is 0.967. The Morgan fingerprint density at radius 1 is 1.20 bits per heavy atom. The molecular formula is C14H24N2O3S. The Morgan fingerprint density at radius 2 is 1.80 bits per heavy atom. The molecule has 1 aromatic carbocycles. The summed E-state index contributed by atoms with van der Waals surface area (Å²) in [5.74, 6) is 0. The second kappa shape index (κ2) is 7.61. The van der Waals surface area contributed by atoms with Gasteiger partial charge in [-0.05, 0) is 44.5 Å². The number of hydrogen-bond donors (Lipinski definition) is 2. The molecular weight excluding hydrogens is 276 g/mol. The Balaban J connectivity index is 2.92. The Morgan fingerprint density at radius 3 is 2.25 bits per heavy atom. The first-order valence-corrected chi connectivity index (χ1v) is 8.37. The molecule has 0 heterocycles. The van der Waals surface area contributed by atoms with E-state index in [1.807, 2.05) is 4.90 Å². The molecule has 0 aliphatic carbocycles. The van der Waals surface area contributed by atoms with Crippen LogP contribution in [0.4, 0.5) is 5.69 Å². The highest BCUT2D eigenvalue weighted by atomic mass is 32.2. The van der Waals surface area contributed by atoms with Gasteiger partial charge in [-0.2, -0.15) is 0 Å². The summed E-state index contributed by atoms with van der Waals surface area (Å²) in [5, 5.41) is 9.06. The van der Waals surface area contributed by atoms with Crippen molar-refractivity contribution in [2.24, 2.45) is 0 Å². The number of nitrogens with one attached hydrogen (secondary N) is 1. The van der Waals surface area contributed by atoms with E-state index in [0.717, 1.165) is 18.7 Å². The monoisotopic (exact) mass is 300 g/mol. The summed E-state index contributed by atoms with van der Waals surface area (Å²) in [4.78, 5) is 2.29. The summed E-state index contributed by atoms with van der Waals surface area (Å²) < 4.78 is 26.6. The van der Waals surface area contributed by atoms with Gasteiger partial charge < -0.3 is 10.0 Å². The number of sulfonamides is 1. The van der Waals surface area contributed by atoms with Crippen molar-refractivity contribution in [3.05, 3.63) is 24.3 Å². The van der Waals surface area contributed by atoms with Gasteiger partial charge in [-0.15, -0.1) is 0 Å². The highest BCUT2D eigenvalue weighted by molar-refractivity contribution is 7.89. The third-order valence-corrected chi connectivity index (χ3v) is 4.44. The van der Waals surface area contributed by atoms with Crippen molar-refractivity contribution in [3.8, 4) is 0 Å². The van der Waals surface area contributed by atoms with Crippen LogP contribution in [0.3, 0.4) is 0 Å². The van der Waals surface area contributed by atoms with E-state index in [1.165, 1.54) is 0 Å². The van der Waals surface area contributed by atoms with Crippen molar-refractivity contribution in [2.75, 3.05) is 24.6 Å². The summed E-state index contributed by atoms with van der Waals surface area (Å²) in [6.45, 7) is 7.10. The zero-order valence-electron chi connectivity index (χ0n) is 12.3. The lowest BCUT2D eigenvalue weighted by Crippen LogP contribution is -2.30. The van der Waals surface area contributed by atoms with E-state index in [2.05, 4.69) is 11.6 Å². The summed E-state index contributed by atoms with van der Waals surface area (Å²) in [6, 6.07) is 6.62. The van der Waals surface area contributed by atoms with Gasteiger partial charge in [0, 0.05) is 24.8 Å². The van der Waals surface area contributed by atoms with Crippen LogP contribution in [0, 0.1) is 0 Å². The predicted molar refractivity (Wildman–Crippen MR) is 81.5 cm³/mol. The minimum atomic E-state index is -3.44. The first-order valence-electron chi connectivity index (χ1n) is 6.89. The minimum absolute atomic E-state index is 0.0783. The SMILES string of the molecule is CCCN(CCO)c1ccc(S(=O)(=O)NC(C)C)cc1. The lowest BCUT2D eigenvalue weighted by Gasteiger charge is -2.23. The van der Waals surface area contributed by atoms with E-state index >= 15 is 0 Å². The fraction of sp³-hybridized carbons (Fsp3) is 0.571. The van der Waals surface area contributed by atoms with Crippen LogP contribution in [0.25, 0.3) is 0 Å². The largest absolute Gasteiger partial charge is 0.395 e. The molecule has 0 aliphatic rings. The summed E-state index contributed by atoms with van der Waals surface area (Å²) >= 11 is 0. The van der Waals surface area contributed by atoms with E-state index in [0.29, 0.717) is 6.54 Å². The van der Waals surface area contributed by atoms with Crippen molar-refractivity contribution in [3.63, 3.8) is 0 Å². The lowest BCUT2D eigenvalue weighted by molar-refractivity contribution is 0.302. The van der Waals surface area contributed by atoms with E-state index in [-0.39, 0.29) is 17.5 Å². The molecule has 5 nitrogen and oxygen atoms in total. The van der Waals surface area contributed by atoms with Gasteiger partial charge in [-0.25, -0.2) is 13.1 Å². The maximum atomic E-state index is 12.0. The fourth-order valence-electron chi connectivity index (χ4n) is 1.98. The highest BCUT2D eigenvalue weighted by Gasteiger charge is 2.15. The first-order chi connectivity index (χ1) is 9.40. The number of anilines is 1. The van der Waals surface area contributed by atoms with Crippen molar-refractivity contribution in [1.82, 2.24) is 4.72 Å². The number of nitrogens with zero attached hydrogens (tertiary/aromatic N) is 1. The van der Waals surface area contributed by atoms with Crippen LogP contribution in [0.2, 0.25) is 0 Å². The van der Waals surface area contributed by atoms with Crippen LogP contribution in [0.1, 0.15) is 27.2 Å². The normalized spacial score (nSPS) is 11.8. The van der Waals surface area contributed by atoms with Gasteiger partial charge in [0.25, 0.3) is 0 Å². The maximum Gasteiger partial charge on any atom is 0.240 e. The predicted octanol–water partition coefficient (Wildman–Crippen LogP) is 1.58. The molecule has 0 radical (unpaired) electrons. The Bertz CT molecular complexity index is 492. The van der Waals surface area contributed by atoms with E-state index < -0.39 is 10.0 Å². The maximum absolute atomic E-state index is 12.0. The number of aliphatic hydroxyl groups excluding tert-OH is 1. The second-order valence-corrected chi connectivity index (χ2v) is 6.69. The van der Waals surface area contributed by atoms with Gasteiger partial charge >= 0.3 is 0 Å². The molecule has 0 fully saturated rings. The zero-order chi connectivity index (χ0) is 15.2. The summed E-state index contributed by atoms with van der Waals surface area (Å²) in [7, 11) is -3.44. The Hall–Kier alpha value is -1.11. The van der Waals surface area contributed by atoms with Gasteiger partial charge in [-0.3, -0.25) is 0 Å². The van der Waals surface area contributed by atoms with Gasteiger partial charge in [0.2, 0.25) is 10.0 Å². The molecule has 0 aromatic heterocycles. The third kappa shape index (κ3) is 4.77. The summed E-state index contributed by atoms with van der Waals surface area (Å²) in [5.41, 5.74) is 0.921. The highest BCUT2D eigenvalue weighted by Crippen LogP contribution is 2.18. The van der Waals surface area contributed by atoms with Crippen LogP contribution >= 0.6 is 0 Å². The molecule has 1 rings (SSSR count). The molecule has 20 heavy (non-hydrogen) atoms. The molecule has 0 atom stereocenters. The molecule has 114 valence electrons. The number of benzene rings is 1. The Labute approximate surface area is 121 Å². The number of hydrogen-bond acceptors (Lipinski definition) is 4. The average molecular weight is 300 g/mol. The molecule has 0 spiro atoms. The Kier molecular flexibility index (Phi) is 6.45. The van der Waals surface area contributed by atoms with Gasteiger partial charge in [0.1, 0.15) is 0 Å². The van der Waals surface area contributed by atoms with E-state index in [9.17, 15) is 8.42 Å². The van der Waals surface area contributed by atoms with Crippen LogP contribution < -0.4 is 9.62 Å². The number of aliphatic hydroxyl groups is 1. The molecule has 0 unspecified atom stereocenters. The molecule has 0 saturated heterocycles. The lowest BCUT2D eigenvalue weighted by atomic mass is 10.2. The van der Waals surface area contributed by atoms with E-state index in [4.69, 9.17) is 5.11 Å². The molecule has 6 heteroatoms. The van der Waals surface area contributed by atoms with Gasteiger partial charge in [0.15, 0.2) is 0 Å². The van der Waals surface area contributed by atoms with Crippen molar-refractivity contribution in [2.45, 2.75) is 38.1 Å². The first kappa shape index (κ1) is 16.9. The zero-order valence-corrected chi connectivity index (χ0v) is 13.2. The average Bonchev–Trinajstić information content (AvgIpc) is 2.37. The quantitative estimate of drug-likeness (QED) is 0.765. The van der Waals surface area contributed by atoms with Crippen molar-refractivity contribution < 1.29 is 13.5 Å². The van der Waals surface area contributed by atoms with E-state index in [1.54, 1.807) is 38.1 Å². The van der Waals surface area contributed by atoms with Gasteiger partial charge in [0.05, 0.1) is 11.5 Å². The van der Waals surface area contributed by atoms with Crippen molar-refractivity contribution in [1.29, 1.82) is 0 Å². The standard InChI is InChI=1S/C14H24N2O3S/c1-4-9-16(10-11-17)13-5-7-14(8-6-13)20(18,19)15-12(2)3/h5-8,12,15,17H,4,9-11H2,1-3H3. The fourth-order valence-corrected chi connectivity index (χ4v) is 3.23. The smallest absolute Gasteiger partial charge is 0.240 e. The van der Waals surface area contributed by atoms with Crippen LogP contribution in [-0.2, 0) is 10.0 Å².